The molecule has 3 rings (SSSR count). The van der Waals surface area contributed by atoms with Gasteiger partial charge >= 0.3 is 0 Å². The zero-order valence-electron chi connectivity index (χ0n) is 15.6. The second-order valence-electron chi connectivity index (χ2n) is 6.06. The number of halogens is 2. The number of hydrogen-bond donors (Lipinski definition) is 1. The van der Waals surface area contributed by atoms with Crippen LogP contribution in [0.15, 0.2) is 53.7 Å². The summed E-state index contributed by atoms with van der Waals surface area (Å²) in [6.07, 6.45) is 1.05. The van der Waals surface area contributed by atoms with Crippen LogP contribution < -0.4 is 22.5 Å². The molecule has 0 aliphatic heterocycles. The van der Waals surface area contributed by atoms with Crippen LogP contribution in [0.3, 0.4) is 0 Å². The molecule has 0 radical (unpaired) electrons. The molecule has 2 aromatic carbocycles. The van der Waals surface area contributed by atoms with Crippen LogP contribution in [-0.4, -0.2) is 32.5 Å². The Balaban J connectivity index is 0.00000280. The summed E-state index contributed by atoms with van der Waals surface area (Å²) >= 11 is 1.66. The Bertz CT molecular complexity index is 864. The van der Waals surface area contributed by atoms with Gasteiger partial charge in [-0.2, -0.15) is 0 Å². The molecule has 0 saturated carbocycles. The fourth-order valence-electron chi connectivity index (χ4n) is 2.58. The first-order chi connectivity index (χ1) is 13.2. The van der Waals surface area contributed by atoms with Crippen molar-refractivity contribution in [1.29, 1.82) is 0 Å². The lowest BCUT2D eigenvalue weighted by molar-refractivity contribution is -0.670. The van der Waals surface area contributed by atoms with Gasteiger partial charge in [0, 0.05) is 30.3 Å². The van der Waals surface area contributed by atoms with E-state index >= 15 is 0 Å². The maximum Gasteiger partial charge on any atom is 0.209 e. The van der Waals surface area contributed by atoms with E-state index in [9.17, 15) is 4.39 Å². The number of thioether (sulfide) groups is 1. The van der Waals surface area contributed by atoms with E-state index < -0.39 is 0 Å². The molecule has 0 aliphatic carbocycles. The Morgan fingerprint density at radius 1 is 1.11 bits per heavy atom. The van der Waals surface area contributed by atoms with Crippen LogP contribution in [0.4, 0.5) is 4.39 Å². The third-order valence-corrected chi connectivity index (χ3v) is 5.14. The SMILES string of the molecule is Cn1nnnc1SCCC[NH2+]Cc1ccccc1OCc1ccccc1F.[Cl-]. The first kappa shape index (κ1) is 22.1. The smallest absolute Gasteiger partial charge is 0.209 e. The summed E-state index contributed by atoms with van der Waals surface area (Å²) in [6.45, 7) is 2.05. The molecule has 0 spiro atoms. The normalized spacial score (nSPS) is 10.5. The van der Waals surface area contributed by atoms with E-state index in [2.05, 4.69) is 20.8 Å². The number of tetrazole rings is 1. The average molecular weight is 424 g/mol. The monoisotopic (exact) mass is 423 g/mol. The van der Waals surface area contributed by atoms with Crippen LogP contribution in [0.1, 0.15) is 17.5 Å². The van der Waals surface area contributed by atoms with E-state index in [1.807, 2.05) is 37.4 Å². The van der Waals surface area contributed by atoms with Gasteiger partial charge in [-0.05, 0) is 28.6 Å². The fraction of sp³-hybridized carbons (Fsp3) is 0.316. The van der Waals surface area contributed by atoms with Crippen LogP contribution in [0, 0.1) is 5.82 Å². The molecule has 150 valence electrons. The number of benzene rings is 2. The van der Waals surface area contributed by atoms with Crippen molar-refractivity contribution in [2.45, 2.75) is 24.7 Å². The largest absolute Gasteiger partial charge is 1.00 e. The fourth-order valence-corrected chi connectivity index (χ4v) is 3.39. The van der Waals surface area contributed by atoms with Gasteiger partial charge < -0.3 is 22.5 Å². The van der Waals surface area contributed by atoms with Crippen LogP contribution in [-0.2, 0) is 20.2 Å². The molecule has 28 heavy (non-hydrogen) atoms. The molecule has 0 saturated heterocycles. The lowest BCUT2D eigenvalue weighted by Gasteiger charge is -2.11. The highest BCUT2D eigenvalue weighted by Gasteiger charge is 2.08. The molecule has 9 heteroatoms. The minimum Gasteiger partial charge on any atom is -1.00 e. The average Bonchev–Trinajstić information content (AvgIpc) is 3.09. The quantitative estimate of drug-likeness (QED) is 0.341. The molecule has 0 bridgehead atoms. The Morgan fingerprint density at radius 3 is 2.61 bits per heavy atom. The summed E-state index contributed by atoms with van der Waals surface area (Å²) in [7, 11) is 1.84. The number of aromatic nitrogens is 4. The molecule has 0 aliphatic rings. The molecular formula is C19H23ClFN5OS. The van der Waals surface area contributed by atoms with Gasteiger partial charge in [0.15, 0.2) is 0 Å². The predicted molar refractivity (Wildman–Crippen MR) is 102 cm³/mol. The summed E-state index contributed by atoms with van der Waals surface area (Å²) in [5.41, 5.74) is 1.67. The molecule has 6 nitrogen and oxygen atoms in total. The van der Waals surface area contributed by atoms with E-state index in [-0.39, 0.29) is 24.8 Å². The zero-order valence-corrected chi connectivity index (χ0v) is 17.2. The Labute approximate surface area is 174 Å². The molecule has 0 fully saturated rings. The van der Waals surface area contributed by atoms with Gasteiger partial charge in [0.1, 0.15) is 24.7 Å². The standard InChI is InChI=1S/C19H22FN5OS.ClH/c1-25-19(22-23-24-25)27-12-6-11-21-13-15-7-3-5-10-18(15)26-14-16-8-2-4-9-17(16)20;/h2-5,7-10,21H,6,11-14H2,1H3;1H. The van der Waals surface area contributed by atoms with E-state index in [1.54, 1.807) is 28.6 Å². The molecule has 2 N–H and O–H groups in total. The number of hydrogen-bond acceptors (Lipinski definition) is 5. The summed E-state index contributed by atoms with van der Waals surface area (Å²) in [5, 5.41) is 14.5. The van der Waals surface area contributed by atoms with Gasteiger partial charge in [0.2, 0.25) is 5.16 Å². The van der Waals surface area contributed by atoms with Crippen molar-refractivity contribution < 1.29 is 26.9 Å². The van der Waals surface area contributed by atoms with Gasteiger partial charge in [0.25, 0.3) is 0 Å². The van der Waals surface area contributed by atoms with Gasteiger partial charge in [-0.25, -0.2) is 9.07 Å². The molecule has 0 amide bonds. The molecule has 0 atom stereocenters. The van der Waals surface area contributed by atoms with Gasteiger partial charge in [-0.3, -0.25) is 0 Å². The third kappa shape index (κ3) is 6.47. The van der Waals surface area contributed by atoms with Crippen molar-refractivity contribution in [1.82, 2.24) is 20.2 Å². The van der Waals surface area contributed by atoms with E-state index in [1.165, 1.54) is 6.07 Å². The van der Waals surface area contributed by atoms with E-state index in [0.717, 1.165) is 41.7 Å². The van der Waals surface area contributed by atoms with Crippen molar-refractivity contribution in [3.8, 4) is 5.75 Å². The predicted octanol–water partition coefficient (Wildman–Crippen LogP) is -0.822. The van der Waals surface area contributed by atoms with Crippen molar-refractivity contribution >= 4 is 11.8 Å². The maximum absolute atomic E-state index is 13.7. The van der Waals surface area contributed by atoms with Crippen molar-refractivity contribution in [2.75, 3.05) is 12.3 Å². The Kier molecular flexibility index (Phi) is 9.19. The lowest BCUT2D eigenvalue weighted by atomic mass is 10.2. The first-order valence-corrected chi connectivity index (χ1v) is 9.83. The number of ether oxygens (including phenoxy) is 1. The second-order valence-corrected chi connectivity index (χ2v) is 7.12. The summed E-state index contributed by atoms with van der Waals surface area (Å²) in [6, 6.07) is 14.6. The Hall–Kier alpha value is -2.16. The summed E-state index contributed by atoms with van der Waals surface area (Å²) < 4.78 is 21.3. The highest BCUT2D eigenvalue weighted by molar-refractivity contribution is 7.99. The molecule has 3 aromatic rings. The van der Waals surface area contributed by atoms with E-state index in [0.29, 0.717) is 5.56 Å². The molecule has 1 heterocycles. The number of aryl methyl sites for hydroxylation is 1. The van der Waals surface area contributed by atoms with Gasteiger partial charge in [-0.15, -0.1) is 5.10 Å². The van der Waals surface area contributed by atoms with Gasteiger partial charge in [-0.1, -0.05) is 42.1 Å². The molecule has 0 unspecified atom stereocenters. The topological polar surface area (TPSA) is 69.4 Å². The molecule has 1 aromatic heterocycles. The summed E-state index contributed by atoms with van der Waals surface area (Å²) in [4.78, 5) is 0. The van der Waals surface area contributed by atoms with E-state index in [4.69, 9.17) is 4.74 Å². The lowest BCUT2D eigenvalue weighted by Crippen LogP contribution is -3.00. The van der Waals surface area contributed by atoms with Crippen molar-refractivity contribution in [3.63, 3.8) is 0 Å². The van der Waals surface area contributed by atoms with Crippen LogP contribution in [0.2, 0.25) is 0 Å². The highest BCUT2D eigenvalue weighted by atomic mass is 35.5. The minimum atomic E-state index is -0.239. The Morgan fingerprint density at radius 2 is 1.86 bits per heavy atom. The third-order valence-electron chi connectivity index (χ3n) is 4.04. The summed E-state index contributed by atoms with van der Waals surface area (Å²) in [5.74, 6) is 1.53. The maximum atomic E-state index is 13.7. The number of para-hydroxylation sites is 1. The van der Waals surface area contributed by atoms with Crippen LogP contribution >= 0.6 is 11.8 Å². The first-order valence-electron chi connectivity index (χ1n) is 8.85. The van der Waals surface area contributed by atoms with Crippen molar-refractivity contribution in [3.05, 3.63) is 65.5 Å². The minimum absolute atomic E-state index is 0. The number of quaternary nitrogens is 1. The highest BCUT2D eigenvalue weighted by Crippen LogP contribution is 2.19. The van der Waals surface area contributed by atoms with Gasteiger partial charge in [0.05, 0.1) is 6.54 Å². The van der Waals surface area contributed by atoms with Crippen LogP contribution in [0.25, 0.3) is 0 Å². The zero-order chi connectivity index (χ0) is 18.9. The van der Waals surface area contributed by atoms with Crippen LogP contribution in [0.5, 0.6) is 5.75 Å². The number of nitrogens with two attached hydrogens (primary N) is 1. The number of rotatable bonds is 10. The second kappa shape index (κ2) is 11.6. The molecular weight excluding hydrogens is 401 g/mol. The number of nitrogens with zero attached hydrogens (tertiary/aromatic N) is 4. The van der Waals surface area contributed by atoms with Crippen molar-refractivity contribution in [2.24, 2.45) is 7.05 Å².